The summed E-state index contributed by atoms with van der Waals surface area (Å²) in [6.45, 7) is 4.42. The van der Waals surface area contributed by atoms with E-state index in [1.165, 1.54) is 0 Å². The van der Waals surface area contributed by atoms with E-state index in [-0.39, 0.29) is 0 Å². The number of ether oxygens (including phenoxy) is 1. The van der Waals surface area contributed by atoms with Crippen LogP contribution in [-0.2, 0) is 6.42 Å². The van der Waals surface area contributed by atoms with Crippen LogP contribution < -0.4 is 10.5 Å². The number of benzene rings is 1. The minimum Gasteiger partial charge on any atom is -0.496 e. The Labute approximate surface area is 114 Å². The third-order valence-electron chi connectivity index (χ3n) is 3.22. The van der Waals surface area contributed by atoms with E-state index in [9.17, 15) is 0 Å². The van der Waals surface area contributed by atoms with E-state index in [4.69, 9.17) is 10.5 Å². The van der Waals surface area contributed by atoms with E-state index < -0.39 is 0 Å². The number of nitrogens with one attached hydrogen (secondary N) is 1. The number of nitrogens with zero attached hydrogens (tertiary/aromatic N) is 1. The fourth-order valence-electron chi connectivity index (χ4n) is 2.16. The van der Waals surface area contributed by atoms with Crippen LogP contribution in [0.1, 0.15) is 26.0 Å². The molecule has 0 fully saturated rings. The second-order valence-corrected chi connectivity index (χ2v) is 5.10. The number of anilines is 1. The molecule has 4 nitrogen and oxygen atoms in total. The lowest BCUT2D eigenvalue weighted by Crippen LogP contribution is -1.97. The summed E-state index contributed by atoms with van der Waals surface area (Å²) in [5, 5.41) is 7.19. The molecule has 1 aromatic carbocycles. The molecule has 4 heteroatoms. The van der Waals surface area contributed by atoms with Crippen LogP contribution in [0.3, 0.4) is 0 Å². The van der Waals surface area contributed by atoms with Crippen molar-refractivity contribution in [1.29, 1.82) is 0 Å². The van der Waals surface area contributed by atoms with E-state index in [1.54, 1.807) is 7.11 Å². The van der Waals surface area contributed by atoms with Crippen molar-refractivity contribution in [3.8, 4) is 16.9 Å². The van der Waals surface area contributed by atoms with Gasteiger partial charge in [-0.15, -0.1) is 0 Å². The maximum absolute atomic E-state index is 6.01. The average molecular weight is 259 g/mol. The maximum atomic E-state index is 6.01. The normalized spacial score (nSPS) is 10.9. The molecular formula is C15H21N3O. The van der Waals surface area contributed by atoms with E-state index >= 15 is 0 Å². The molecule has 102 valence electrons. The summed E-state index contributed by atoms with van der Waals surface area (Å²) < 4.78 is 5.41. The Morgan fingerprint density at radius 3 is 2.74 bits per heavy atom. The molecule has 3 N–H and O–H groups in total. The Hall–Kier alpha value is -1.97. The number of rotatable bonds is 5. The zero-order valence-corrected chi connectivity index (χ0v) is 11.7. The number of aromatic amines is 1. The van der Waals surface area contributed by atoms with Crippen LogP contribution in [0.15, 0.2) is 24.3 Å². The Morgan fingerprint density at radius 2 is 2.05 bits per heavy atom. The quantitative estimate of drug-likeness (QED) is 0.866. The molecular weight excluding hydrogens is 238 g/mol. The Bertz CT molecular complexity index is 546. The van der Waals surface area contributed by atoms with Crippen molar-refractivity contribution in [3.63, 3.8) is 0 Å². The van der Waals surface area contributed by atoms with E-state index in [2.05, 4.69) is 24.0 Å². The molecule has 0 atom stereocenters. The SMILES string of the molecule is COc1ccccc1-c1c(N)n[nH]c1CCC(C)C. The van der Waals surface area contributed by atoms with Gasteiger partial charge in [0.15, 0.2) is 5.82 Å². The van der Waals surface area contributed by atoms with Gasteiger partial charge in [-0.2, -0.15) is 5.10 Å². The van der Waals surface area contributed by atoms with E-state index in [0.29, 0.717) is 11.7 Å². The zero-order valence-electron chi connectivity index (χ0n) is 11.7. The Balaban J connectivity index is 2.40. The molecule has 0 radical (unpaired) electrons. The van der Waals surface area contributed by atoms with Crippen molar-refractivity contribution in [3.05, 3.63) is 30.0 Å². The highest BCUT2D eigenvalue weighted by atomic mass is 16.5. The van der Waals surface area contributed by atoms with Crippen LogP contribution in [-0.4, -0.2) is 17.3 Å². The number of aromatic nitrogens is 2. The first-order chi connectivity index (χ1) is 9.13. The highest BCUT2D eigenvalue weighted by Crippen LogP contribution is 2.35. The predicted molar refractivity (Wildman–Crippen MR) is 78.1 cm³/mol. The summed E-state index contributed by atoms with van der Waals surface area (Å²) in [6.07, 6.45) is 2.04. The predicted octanol–water partition coefficient (Wildman–Crippen LogP) is 3.26. The molecule has 2 aromatic rings. The number of nitrogen functional groups attached to an aromatic ring is 1. The lowest BCUT2D eigenvalue weighted by molar-refractivity contribution is 0.416. The topological polar surface area (TPSA) is 63.9 Å². The lowest BCUT2D eigenvalue weighted by Gasteiger charge is -2.10. The first kappa shape index (κ1) is 13.5. The number of methoxy groups -OCH3 is 1. The number of H-pyrrole nitrogens is 1. The van der Waals surface area contributed by atoms with Crippen molar-refractivity contribution in [2.24, 2.45) is 5.92 Å². The van der Waals surface area contributed by atoms with Gasteiger partial charge in [0.05, 0.1) is 12.7 Å². The summed E-state index contributed by atoms with van der Waals surface area (Å²) in [4.78, 5) is 0. The molecule has 1 heterocycles. The fraction of sp³-hybridized carbons (Fsp3) is 0.400. The van der Waals surface area contributed by atoms with Gasteiger partial charge < -0.3 is 10.5 Å². The van der Waals surface area contributed by atoms with Gasteiger partial charge in [0.25, 0.3) is 0 Å². The largest absolute Gasteiger partial charge is 0.496 e. The molecule has 0 saturated carbocycles. The zero-order chi connectivity index (χ0) is 13.8. The van der Waals surface area contributed by atoms with Crippen LogP contribution in [0.5, 0.6) is 5.75 Å². The van der Waals surface area contributed by atoms with Crippen molar-refractivity contribution in [2.45, 2.75) is 26.7 Å². The van der Waals surface area contributed by atoms with Gasteiger partial charge in [0, 0.05) is 11.3 Å². The standard InChI is InChI=1S/C15H21N3O/c1-10(2)8-9-12-14(15(16)18-17-12)11-6-4-5-7-13(11)19-3/h4-7,10H,8-9H2,1-3H3,(H3,16,17,18). The van der Waals surface area contributed by atoms with Gasteiger partial charge in [0.2, 0.25) is 0 Å². The van der Waals surface area contributed by atoms with Crippen molar-refractivity contribution < 1.29 is 4.74 Å². The minimum absolute atomic E-state index is 0.531. The Morgan fingerprint density at radius 1 is 1.32 bits per heavy atom. The molecule has 0 aliphatic carbocycles. The van der Waals surface area contributed by atoms with E-state index in [0.717, 1.165) is 35.4 Å². The van der Waals surface area contributed by atoms with Gasteiger partial charge in [0.1, 0.15) is 5.75 Å². The van der Waals surface area contributed by atoms with Crippen LogP contribution in [0.25, 0.3) is 11.1 Å². The number of nitrogens with two attached hydrogens (primary N) is 1. The number of para-hydroxylation sites is 1. The monoisotopic (exact) mass is 259 g/mol. The van der Waals surface area contributed by atoms with Crippen LogP contribution in [0.4, 0.5) is 5.82 Å². The summed E-state index contributed by atoms with van der Waals surface area (Å²) in [7, 11) is 1.67. The van der Waals surface area contributed by atoms with E-state index in [1.807, 2.05) is 24.3 Å². The van der Waals surface area contributed by atoms with Gasteiger partial charge in [-0.25, -0.2) is 0 Å². The summed E-state index contributed by atoms with van der Waals surface area (Å²) in [6, 6.07) is 7.88. The summed E-state index contributed by atoms with van der Waals surface area (Å²) in [5.41, 5.74) is 9.05. The molecule has 0 spiro atoms. The molecule has 0 aliphatic rings. The molecule has 0 unspecified atom stereocenters. The van der Waals surface area contributed by atoms with Gasteiger partial charge in [-0.05, 0) is 24.8 Å². The highest BCUT2D eigenvalue weighted by molar-refractivity contribution is 5.80. The molecule has 19 heavy (non-hydrogen) atoms. The molecule has 0 saturated heterocycles. The van der Waals surface area contributed by atoms with Gasteiger partial charge in [-0.1, -0.05) is 32.0 Å². The molecule has 0 amide bonds. The highest BCUT2D eigenvalue weighted by Gasteiger charge is 2.16. The second-order valence-electron chi connectivity index (χ2n) is 5.10. The van der Waals surface area contributed by atoms with Crippen molar-refractivity contribution in [2.75, 3.05) is 12.8 Å². The Kier molecular flexibility index (Phi) is 4.10. The van der Waals surface area contributed by atoms with Crippen LogP contribution >= 0.6 is 0 Å². The number of hydrogen-bond donors (Lipinski definition) is 2. The fourth-order valence-corrected chi connectivity index (χ4v) is 2.16. The van der Waals surface area contributed by atoms with Crippen LogP contribution in [0, 0.1) is 5.92 Å². The van der Waals surface area contributed by atoms with Crippen molar-refractivity contribution >= 4 is 5.82 Å². The van der Waals surface area contributed by atoms with Crippen LogP contribution in [0.2, 0.25) is 0 Å². The minimum atomic E-state index is 0.531. The van der Waals surface area contributed by atoms with Gasteiger partial charge in [-0.3, -0.25) is 5.10 Å². The molecule has 1 aromatic heterocycles. The number of hydrogen-bond acceptors (Lipinski definition) is 3. The molecule has 2 rings (SSSR count). The summed E-state index contributed by atoms with van der Waals surface area (Å²) >= 11 is 0. The lowest BCUT2D eigenvalue weighted by atomic mass is 9.99. The van der Waals surface area contributed by atoms with Gasteiger partial charge >= 0.3 is 0 Å². The third-order valence-corrected chi connectivity index (χ3v) is 3.22. The third kappa shape index (κ3) is 2.89. The number of aryl methyl sites for hydroxylation is 1. The average Bonchev–Trinajstić information content (AvgIpc) is 2.77. The smallest absolute Gasteiger partial charge is 0.153 e. The second kappa shape index (κ2) is 5.78. The van der Waals surface area contributed by atoms with Crippen molar-refractivity contribution in [1.82, 2.24) is 10.2 Å². The maximum Gasteiger partial charge on any atom is 0.153 e. The first-order valence-corrected chi connectivity index (χ1v) is 6.59. The molecule has 0 bridgehead atoms. The summed E-state index contributed by atoms with van der Waals surface area (Å²) in [5.74, 6) is 2.00. The first-order valence-electron chi connectivity index (χ1n) is 6.59. The molecule has 0 aliphatic heterocycles.